The van der Waals surface area contributed by atoms with E-state index in [1.54, 1.807) is 18.5 Å². The van der Waals surface area contributed by atoms with Gasteiger partial charge in [0.2, 0.25) is 5.88 Å². The first-order chi connectivity index (χ1) is 14.8. The number of ether oxygens (including phenoxy) is 1. The number of benzene rings is 1. The molecular formula is C21H21ClN6O2S. The van der Waals surface area contributed by atoms with Crippen LogP contribution in [0.2, 0.25) is 5.02 Å². The van der Waals surface area contributed by atoms with Gasteiger partial charge in [0.1, 0.15) is 16.8 Å². The zero-order valence-electron chi connectivity index (χ0n) is 17.2. The normalized spacial score (nSPS) is 12.4. The third kappa shape index (κ3) is 4.39. The van der Waals surface area contributed by atoms with Gasteiger partial charge in [-0.3, -0.25) is 14.2 Å². The highest BCUT2D eigenvalue weighted by Gasteiger charge is 2.23. The number of amides is 1. The predicted octanol–water partition coefficient (Wildman–Crippen LogP) is 3.81. The molecule has 1 amide bonds. The summed E-state index contributed by atoms with van der Waals surface area (Å²) in [6.45, 7) is 2.53. The summed E-state index contributed by atoms with van der Waals surface area (Å²) in [5.74, 6) is -0.425. The topological polar surface area (TPSA) is 98.6 Å². The van der Waals surface area contributed by atoms with Gasteiger partial charge < -0.3 is 15.4 Å². The van der Waals surface area contributed by atoms with Crippen LogP contribution in [0.4, 0.5) is 0 Å². The summed E-state index contributed by atoms with van der Waals surface area (Å²) in [7, 11) is 3.95. The van der Waals surface area contributed by atoms with Crippen molar-refractivity contribution in [1.82, 2.24) is 24.3 Å². The highest BCUT2D eigenvalue weighted by atomic mass is 35.5. The van der Waals surface area contributed by atoms with E-state index >= 15 is 0 Å². The largest absolute Gasteiger partial charge is 0.469 e. The minimum atomic E-state index is -0.603. The molecule has 160 valence electrons. The van der Waals surface area contributed by atoms with E-state index in [2.05, 4.69) is 15.0 Å². The highest BCUT2D eigenvalue weighted by Crippen LogP contribution is 2.35. The standard InChI is InChI=1S/C21H21ClN6O2S/c1-12(14-6-4-5-7-15(14)22)30-20-18(19(23)29)31-21(26-20)16-8-25-17-9-24-13(10-27(2)3)11-28(16)17/h4-9,11-12H,10H2,1-3H3,(H2,23,29). The number of imidazole rings is 1. The van der Waals surface area contributed by atoms with Gasteiger partial charge >= 0.3 is 0 Å². The van der Waals surface area contributed by atoms with Gasteiger partial charge in [-0.15, -0.1) is 11.3 Å². The average molecular weight is 457 g/mol. The maximum absolute atomic E-state index is 12.1. The van der Waals surface area contributed by atoms with Gasteiger partial charge in [0.15, 0.2) is 10.5 Å². The molecule has 31 heavy (non-hydrogen) atoms. The number of hydrogen-bond acceptors (Lipinski definition) is 7. The minimum Gasteiger partial charge on any atom is -0.469 e. The molecule has 0 aliphatic heterocycles. The first kappa shape index (κ1) is 21.2. The van der Waals surface area contributed by atoms with Crippen molar-refractivity contribution >= 4 is 34.5 Å². The van der Waals surface area contributed by atoms with Crippen molar-refractivity contribution in [2.45, 2.75) is 19.6 Å². The molecule has 3 aromatic heterocycles. The van der Waals surface area contributed by atoms with E-state index in [4.69, 9.17) is 22.1 Å². The first-order valence-electron chi connectivity index (χ1n) is 9.52. The van der Waals surface area contributed by atoms with Gasteiger partial charge in [0, 0.05) is 23.3 Å². The van der Waals surface area contributed by atoms with Crippen molar-refractivity contribution in [2.24, 2.45) is 5.73 Å². The maximum atomic E-state index is 12.1. The monoisotopic (exact) mass is 456 g/mol. The number of fused-ring (bicyclic) bond motifs is 1. The molecule has 1 aromatic carbocycles. The third-order valence-corrected chi connectivity index (χ3v) is 6.02. The van der Waals surface area contributed by atoms with Crippen LogP contribution >= 0.6 is 22.9 Å². The number of thiazole rings is 1. The molecule has 0 bridgehead atoms. The summed E-state index contributed by atoms with van der Waals surface area (Å²) >= 11 is 7.45. The molecule has 0 aliphatic rings. The number of nitrogens with two attached hydrogens (primary N) is 1. The van der Waals surface area contributed by atoms with E-state index in [1.165, 1.54) is 11.3 Å². The van der Waals surface area contributed by atoms with Crippen LogP contribution in [0.3, 0.4) is 0 Å². The number of carbonyl (C=O) groups is 1. The fourth-order valence-corrected chi connectivity index (χ4v) is 4.33. The van der Waals surface area contributed by atoms with Crippen LogP contribution in [-0.4, -0.2) is 44.3 Å². The van der Waals surface area contributed by atoms with Gasteiger partial charge in [0.05, 0.1) is 18.1 Å². The molecule has 3 heterocycles. The van der Waals surface area contributed by atoms with Gasteiger partial charge in [-0.05, 0) is 27.1 Å². The molecule has 2 N–H and O–H groups in total. The molecule has 4 aromatic rings. The lowest BCUT2D eigenvalue weighted by Gasteiger charge is -2.15. The lowest BCUT2D eigenvalue weighted by molar-refractivity contribution is 0.0997. The fraction of sp³-hybridized carbons (Fsp3) is 0.238. The Hall–Kier alpha value is -3.01. The van der Waals surface area contributed by atoms with Crippen LogP contribution in [0, 0.1) is 0 Å². The smallest absolute Gasteiger partial charge is 0.264 e. The van der Waals surface area contributed by atoms with E-state index in [0.29, 0.717) is 22.2 Å². The zero-order valence-corrected chi connectivity index (χ0v) is 18.8. The summed E-state index contributed by atoms with van der Waals surface area (Å²) in [6.07, 6.45) is 4.90. The zero-order chi connectivity index (χ0) is 22.1. The SMILES string of the molecule is CC(Oc1nc(-c2cnc3cnc(CN(C)C)cn23)sc1C(N)=O)c1ccccc1Cl. The average Bonchev–Trinajstić information content (AvgIpc) is 3.31. The van der Waals surface area contributed by atoms with Gasteiger partial charge in [0.25, 0.3) is 5.91 Å². The van der Waals surface area contributed by atoms with Crippen molar-refractivity contribution in [3.63, 3.8) is 0 Å². The quantitative estimate of drug-likeness (QED) is 0.454. The van der Waals surface area contributed by atoms with Crippen LogP contribution in [0.5, 0.6) is 5.88 Å². The van der Waals surface area contributed by atoms with E-state index in [0.717, 1.165) is 17.0 Å². The summed E-state index contributed by atoms with van der Waals surface area (Å²) in [5, 5.41) is 1.15. The predicted molar refractivity (Wildman–Crippen MR) is 120 cm³/mol. The van der Waals surface area contributed by atoms with Crippen molar-refractivity contribution in [2.75, 3.05) is 14.1 Å². The van der Waals surface area contributed by atoms with Crippen molar-refractivity contribution in [3.05, 3.63) is 64.0 Å². The Morgan fingerprint density at radius 2 is 2.06 bits per heavy atom. The van der Waals surface area contributed by atoms with E-state index < -0.39 is 12.0 Å². The lowest BCUT2D eigenvalue weighted by atomic mass is 10.1. The Kier molecular flexibility index (Phi) is 5.90. The second-order valence-electron chi connectivity index (χ2n) is 7.29. The Morgan fingerprint density at radius 3 is 2.77 bits per heavy atom. The minimum absolute atomic E-state index is 0.178. The van der Waals surface area contributed by atoms with E-state index in [-0.39, 0.29) is 10.8 Å². The molecule has 10 heteroatoms. The molecular weight excluding hydrogens is 436 g/mol. The number of rotatable bonds is 7. The highest BCUT2D eigenvalue weighted by molar-refractivity contribution is 7.17. The molecule has 1 unspecified atom stereocenters. The molecule has 8 nitrogen and oxygen atoms in total. The molecule has 0 radical (unpaired) electrons. The van der Waals surface area contributed by atoms with E-state index in [9.17, 15) is 4.79 Å². The summed E-state index contributed by atoms with van der Waals surface area (Å²) < 4.78 is 7.91. The third-order valence-electron chi connectivity index (χ3n) is 4.60. The molecule has 0 saturated carbocycles. The number of carbonyl (C=O) groups excluding carboxylic acids is 1. The number of hydrogen-bond donors (Lipinski definition) is 1. The van der Waals surface area contributed by atoms with Crippen LogP contribution in [-0.2, 0) is 6.54 Å². The Balaban J connectivity index is 1.72. The molecule has 0 saturated heterocycles. The van der Waals surface area contributed by atoms with Crippen LogP contribution in [0.15, 0.2) is 42.9 Å². The summed E-state index contributed by atoms with van der Waals surface area (Å²) in [5.41, 5.74) is 8.69. The fourth-order valence-electron chi connectivity index (χ4n) is 3.18. The van der Waals surface area contributed by atoms with E-state index in [1.807, 2.05) is 54.7 Å². The number of primary amides is 1. The number of aromatic nitrogens is 4. The van der Waals surface area contributed by atoms with Gasteiger partial charge in [-0.2, -0.15) is 4.98 Å². The van der Waals surface area contributed by atoms with Gasteiger partial charge in [-0.25, -0.2) is 4.98 Å². The maximum Gasteiger partial charge on any atom is 0.264 e. The second kappa shape index (κ2) is 8.62. The molecule has 0 aliphatic carbocycles. The van der Waals surface area contributed by atoms with Crippen LogP contribution < -0.4 is 10.5 Å². The first-order valence-corrected chi connectivity index (χ1v) is 10.7. The van der Waals surface area contributed by atoms with Crippen LogP contribution in [0.25, 0.3) is 16.3 Å². The Morgan fingerprint density at radius 1 is 1.29 bits per heavy atom. The summed E-state index contributed by atoms with van der Waals surface area (Å²) in [4.78, 5) is 27.8. The van der Waals surface area contributed by atoms with Crippen molar-refractivity contribution < 1.29 is 9.53 Å². The van der Waals surface area contributed by atoms with Crippen molar-refractivity contribution in [3.8, 4) is 16.6 Å². The lowest BCUT2D eigenvalue weighted by Crippen LogP contribution is -2.12. The van der Waals surface area contributed by atoms with Gasteiger partial charge in [-0.1, -0.05) is 29.8 Å². The molecule has 1 atom stereocenters. The number of halogens is 1. The second-order valence-corrected chi connectivity index (χ2v) is 8.69. The number of nitrogens with zero attached hydrogens (tertiary/aromatic N) is 5. The molecule has 4 rings (SSSR count). The van der Waals surface area contributed by atoms with Crippen molar-refractivity contribution in [1.29, 1.82) is 0 Å². The Bertz CT molecular complexity index is 1250. The van der Waals surface area contributed by atoms with Crippen LogP contribution in [0.1, 0.15) is 34.0 Å². The molecule has 0 fully saturated rings. The Labute approximate surface area is 188 Å². The molecule has 0 spiro atoms. The summed E-state index contributed by atoms with van der Waals surface area (Å²) in [6, 6.07) is 7.38.